The van der Waals surface area contributed by atoms with Crippen LogP contribution in [0.2, 0.25) is 25.7 Å². The molecular formula is C18H24BN3O3Si. The van der Waals surface area contributed by atoms with E-state index in [1.807, 2.05) is 18.2 Å². The molecule has 3 aromatic heterocycles. The average molecular weight is 369 g/mol. The number of hydrogen-bond donors (Lipinski definition) is 2. The maximum Gasteiger partial charge on any atom is 0.506 e. The van der Waals surface area contributed by atoms with E-state index in [9.17, 15) is 10.0 Å². The summed E-state index contributed by atoms with van der Waals surface area (Å²) in [6, 6.07) is 8.57. The zero-order valence-electron chi connectivity index (χ0n) is 15.4. The second-order valence-electron chi connectivity index (χ2n) is 7.56. The van der Waals surface area contributed by atoms with Gasteiger partial charge >= 0.3 is 7.12 Å². The topological polar surface area (TPSA) is 80.4 Å². The van der Waals surface area contributed by atoms with Gasteiger partial charge < -0.3 is 19.4 Å². The molecular weight excluding hydrogens is 345 g/mol. The summed E-state index contributed by atoms with van der Waals surface area (Å²) in [6.45, 7) is 7.78. The van der Waals surface area contributed by atoms with Gasteiger partial charge in [-0.1, -0.05) is 25.7 Å². The van der Waals surface area contributed by atoms with Crippen LogP contribution >= 0.6 is 0 Å². The van der Waals surface area contributed by atoms with E-state index >= 15 is 0 Å². The van der Waals surface area contributed by atoms with Crippen LogP contribution < -0.4 is 5.59 Å². The molecule has 3 aromatic rings. The molecule has 0 aromatic carbocycles. The number of pyridine rings is 2. The molecule has 0 saturated heterocycles. The lowest BCUT2D eigenvalue weighted by Crippen LogP contribution is -2.36. The summed E-state index contributed by atoms with van der Waals surface area (Å²) < 4.78 is 7.55. The van der Waals surface area contributed by atoms with Crippen LogP contribution in [0.15, 0.2) is 42.9 Å². The largest absolute Gasteiger partial charge is 0.506 e. The summed E-state index contributed by atoms with van der Waals surface area (Å²) in [5, 5.41) is 20.4. The Morgan fingerprint density at radius 1 is 1.19 bits per heavy atom. The summed E-state index contributed by atoms with van der Waals surface area (Å²) in [5.74, 6) is 0. The Bertz CT molecular complexity index is 879. The third kappa shape index (κ3) is 4.21. The molecule has 0 amide bonds. The van der Waals surface area contributed by atoms with Crippen LogP contribution in [0.5, 0.6) is 0 Å². The van der Waals surface area contributed by atoms with Crippen LogP contribution in [0.3, 0.4) is 0 Å². The van der Waals surface area contributed by atoms with E-state index in [1.165, 1.54) is 0 Å². The maximum atomic E-state index is 9.80. The quantitative estimate of drug-likeness (QED) is 0.492. The first-order valence-electron chi connectivity index (χ1n) is 8.69. The average Bonchev–Trinajstić information content (AvgIpc) is 2.97. The first-order chi connectivity index (χ1) is 12.4. The zero-order chi connectivity index (χ0) is 18.7. The third-order valence-electron chi connectivity index (χ3n) is 4.28. The predicted molar refractivity (Wildman–Crippen MR) is 107 cm³/mol. The maximum absolute atomic E-state index is 9.80. The first kappa shape index (κ1) is 18.8. The van der Waals surface area contributed by atoms with E-state index in [4.69, 9.17) is 4.74 Å². The molecule has 26 heavy (non-hydrogen) atoms. The normalized spacial score (nSPS) is 11.9. The number of nitrogens with zero attached hydrogens (tertiary/aromatic N) is 3. The highest BCUT2D eigenvalue weighted by molar-refractivity contribution is 6.76. The van der Waals surface area contributed by atoms with Gasteiger partial charge in [-0.25, -0.2) is 4.98 Å². The monoisotopic (exact) mass is 369 g/mol. The van der Waals surface area contributed by atoms with E-state index in [0.29, 0.717) is 17.8 Å². The van der Waals surface area contributed by atoms with Crippen molar-refractivity contribution in [3.05, 3.63) is 42.9 Å². The lowest BCUT2D eigenvalue weighted by atomic mass is 9.86. The van der Waals surface area contributed by atoms with Crippen LogP contribution in [-0.4, -0.2) is 46.4 Å². The number of fused-ring (bicyclic) bond motifs is 1. The van der Waals surface area contributed by atoms with Crippen molar-refractivity contribution >= 4 is 31.8 Å². The summed E-state index contributed by atoms with van der Waals surface area (Å²) >= 11 is 0. The molecule has 0 spiro atoms. The van der Waals surface area contributed by atoms with Gasteiger partial charge in [0.05, 0.1) is 5.59 Å². The van der Waals surface area contributed by atoms with E-state index < -0.39 is 15.2 Å². The Labute approximate surface area is 154 Å². The van der Waals surface area contributed by atoms with Gasteiger partial charge in [0.1, 0.15) is 12.4 Å². The molecule has 3 rings (SSSR count). The highest BCUT2D eigenvalue weighted by atomic mass is 28.3. The molecule has 0 unspecified atom stereocenters. The number of rotatable bonds is 7. The van der Waals surface area contributed by atoms with Crippen molar-refractivity contribution < 1.29 is 14.8 Å². The summed E-state index contributed by atoms with van der Waals surface area (Å²) in [5.41, 5.74) is 2.95. The van der Waals surface area contributed by atoms with Crippen molar-refractivity contribution in [3.8, 4) is 11.1 Å². The Morgan fingerprint density at radius 3 is 2.65 bits per heavy atom. The molecule has 136 valence electrons. The Hall–Kier alpha value is -2.00. The van der Waals surface area contributed by atoms with E-state index in [2.05, 4.69) is 29.6 Å². The molecule has 2 N–H and O–H groups in total. The van der Waals surface area contributed by atoms with Crippen molar-refractivity contribution in [3.63, 3.8) is 0 Å². The van der Waals surface area contributed by atoms with Crippen LogP contribution in [0.1, 0.15) is 0 Å². The predicted octanol–water partition coefficient (Wildman–Crippen LogP) is 2.09. The zero-order valence-corrected chi connectivity index (χ0v) is 16.4. The number of hydrogen-bond acceptors (Lipinski definition) is 5. The molecule has 6 nitrogen and oxygen atoms in total. The minimum atomic E-state index is -1.59. The molecule has 3 heterocycles. The summed E-state index contributed by atoms with van der Waals surface area (Å²) in [7, 11) is -2.77. The Balaban J connectivity index is 1.96. The lowest BCUT2D eigenvalue weighted by molar-refractivity contribution is 0.0912. The van der Waals surface area contributed by atoms with Crippen LogP contribution in [0.25, 0.3) is 22.2 Å². The van der Waals surface area contributed by atoms with Crippen molar-refractivity contribution in [1.82, 2.24) is 14.5 Å². The fourth-order valence-corrected chi connectivity index (χ4v) is 3.58. The van der Waals surface area contributed by atoms with Crippen molar-refractivity contribution in [2.75, 3.05) is 6.61 Å². The highest BCUT2D eigenvalue weighted by Gasteiger charge is 2.22. The molecule has 0 bridgehead atoms. The van der Waals surface area contributed by atoms with Gasteiger partial charge in [0, 0.05) is 44.2 Å². The second-order valence-corrected chi connectivity index (χ2v) is 13.2. The lowest BCUT2D eigenvalue weighted by Gasteiger charge is -2.16. The van der Waals surface area contributed by atoms with Gasteiger partial charge in [0.2, 0.25) is 0 Å². The highest BCUT2D eigenvalue weighted by Crippen LogP contribution is 2.27. The molecule has 0 aliphatic rings. The minimum absolute atomic E-state index is 0.241. The third-order valence-corrected chi connectivity index (χ3v) is 5.99. The van der Waals surface area contributed by atoms with E-state index in [1.54, 1.807) is 29.2 Å². The first-order valence-corrected chi connectivity index (χ1v) is 12.4. The van der Waals surface area contributed by atoms with Gasteiger partial charge in [0.15, 0.2) is 0 Å². The van der Waals surface area contributed by atoms with Gasteiger partial charge in [-0.2, -0.15) is 0 Å². The van der Waals surface area contributed by atoms with E-state index in [0.717, 1.165) is 22.6 Å². The molecule has 0 aliphatic carbocycles. The molecule has 0 saturated carbocycles. The fraction of sp³-hybridized carbons (Fsp3) is 0.333. The SMILES string of the molecule is C[Si](C)(C)CCOCn1c(B(O)O)cc2c(-c3cccnc3)ccnc21. The molecule has 0 radical (unpaired) electrons. The number of ether oxygens (including phenoxy) is 1. The molecule has 0 fully saturated rings. The van der Waals surface area contributed by atoms with Crippen molar-refractivity contribution in [2.24, 2.45) is 0 Å². The van der Waals surface area contributed by atoms with Crippen LogP contribution in [0.4, 0.5) is 0 Å². The Morgan fingerprint density at radius 2 is 2.00 bits per heavy atom. The van der Waals surface area contributed by atoms with Gasteiger partial charge in [-0.05, 0) is 29.8 Å². The molecule has 0 aliphatic heterocycles. The smallest absolute Gasteiger partial charge is 0.422 e. The number of aromatic nitrogens is 3. The minimum Gasteiger partial charge on any atom is -0.422 e. The standard InChI is InChI=1S/C18H24BN3O3Si/c1-26(2,3)10-9-25-13-22-17(19(23)24)11-16-15(6-8-21-18(16)22)14-5-4-7-20-12-14/h4-8,11-12,23-24H,9-10,13H2,1-3H3. The van der Waals surface area contributed by atoms with Crippen molar-refractivity contribution in [2.45, 2.75) is 32.4 Å². The summed E-state index contributed by atoms with van der Waals surface area (Å²) in [4.78, 5) is 8.62. The van der Waals surface area contributed by atoms with Gasteiger partial charge in [-0.15, -0.1) is 0 Å². The molecule has 0 atom stereocenters. The van der Waals surface area contributed by atoms with Crippen LogP contribution in [0, 0.1) is 0 Å². The van der Waals surface area contributed by atoms with Gasteiger partial charge in [0.25, 0.3) is 0 Å². The second kappa shape index (κ2) is 7.71. The van der Waals surface area contributed by atoms with E-state index in [-0.39, 0.29) is 6.73 Å². The fourth-order valence-electron chi connectivity index (χ4n) is 2.83. The van der Waals surface area contributed by atoms with Crippen molar-refractivity contribution in [1.29, 1.82) is 0 Å². The molecule has 8 heteroatoms. The Kier molecular flexibility index (Phi) is 5.57. The van der Waals surface area contributed by atoms with Gasteiger partial charge in [-0.3, -0.25) is 4.98 Å². The summed E-state index contributed by atoms with van der Waals surface area (Å²) in [6.07, 6.45) is 5.23. The van der Waals surface area contributed by atoms with Crippen LogP contribution in [-0.2, 0) is 11.5 Å².